The summed E-state index contributed by atoms with van der Waals surface area (Å²) in [6, 6.07) is 20.8. The lowest BCUT2D eigenvalue weighted by atomic mass is 9.99. The Bertz CT molecular complexity index is 1600. The highest BCUT2D eigenvalue weighted by Crippen LogP contribution is 2.46. The predicted molar refractivity (Wildman–Crippen MR) is 161 cm³/mol. The van der Waals surface area contributed by atoms with Crippen LogP contribution in [0.3, 0.4) is 0 Å². The van der Waals surface area contributed by atoms with Gasteiger partial charge in [0.05, 0.1) is 0 Å². The van der Waals surface area contributed by atoms with Crippen LogP contribution >= 0.6 is 23.4 Å². The first-order valence-corrected chi connectivity index (χ1v) is 15.7. The normalized spacial score (nSPS) is 25.0. The maximum absolute atomic E-state index is 13.6. The molecule has 0 spiro atoms. The first-order chi connectivity index (χ1) is 20.3. The van der Waals surface area contributed by atoms with Gasteiger partial charge in [0, 0.05) is 52.4 Å². The van der Waals surface area contributed by atoms with Gasteiger partial charge in [-0.3, -0.25) is 24.5 Å². The molecule has 3 aromatic rings. The predicted octanol–water partition coefficient (Wildman–Crippen LogP) is 5.41. The van der Waals surface area contributed by atoms with Gasteiger partial charge in [-0.05, 0) is 84.2 Å². The van der Waals surface area contributed by atoms with Crippen LogP contribution in [0, 0.1) is 11.8 Å². The third kappa shape index (κ3) is 5.01. The summed E-state index contributed by atoms with van der Waals surface area (Å²) in [5.41, 5.74) is 4.21. The van der Waals surface area contributed by atoms with Gasteiger partial charge in [-0.25, -0.2) is 0 Å². The number of fused-ring (bicyclic) bond motifs is 2. The molecule has 1 saturated carbocycles. The van der Waals surface area contributed by atoms with Crippen LogP contribution in [0.1, 0.15) is 52.0 Å². The van der Waals surface area contributed by atoms with Crippen molar-refractivity contribution < 1.29 is 19.2 Å². The number of hydrogen-bond donors (Lipinski definition) is 1. The van der Waals surface area contributed by atoms with Crippen molar-refractivity contribution >= 4 is 47.0 Å². The molecule has 4 atom stereocenters. The van der Waals surface area contributed by atoms with Gasteiger partial charge in [0.15, 0.2) is 0 Å². The SMILES string of the molecule is O=C1CCC(N2Cc3cc(SC4C[C@@H]5CN(C(=O)c6ccccc6-c6ccc(Cl)cc6)C[C@@H]5C4)ccc3C2=O)C(=O)N1. The van der Waals surface area contributed by atoms with E-state index >= 15 is 0 Å². The topological polar surface area (TPSA) is 86.8 Å². The highest BCUT2D eigenvalue weighted by atomic mass is 35.5. The summed E-state index contributed by atoms with van der Waals surface area (Å²) >= 11 is 7.93. The number of nitrogens with zero attached hydrogens (tertiary/aromatic N) is 2. The van der Waals surface area contributed by atoms with Crippen LogP contribution in [0.15, 0.2) is 71.6 Å². The maximum atomic E-state index is 13.6. The summed E-state index contributed by atoms with van der Waals surface area (Å²) in [4.78, 5) is 55.3. The van der Waals surface area contributed by atoms with Gasteiger partial charge in [-0.1, -0.05) is 41.9 Å². The Kier molecular flexibility index (Phi) is 7.06. The van der Waals surface area contributed by atoms with Crippen molar-refractivity contribution in [2.75, 3.05) is 13.1 Å². The van der Waals surface area contributed by atoms with Gasteiger partial charge in [0.2, 0.25) is 11.8 Å². The minimum absolute atomic E-state index is 0.0861. The van der Waals surface area contributed by atoms with Crippen LogP contribution in [0.25, 0.3) is 11.1 Å². The van der Waals surface area contributed by atoms with E-state index in [0.29, 0.717) is 40.6 Å². The molecule has 4 aliphatic rings. The van der Waals surface area contributed by atoms with Crippen molar-refractivity contribution in [3.05, 3.63) is 88.4 Å². The second kappa shape index (κ2) is 10.9. The van der Waals surface area contributed by atoms with Crippen LogP contribution in [-0.2, 0) is 16.1 Å². The molecular formula is C33H30ClN3O4S. The van der Waals surface area contributed by atoms with E-state index in [1.807, 2.05) is 77.3 Å². The van der Waals surface area contributed by atoms with Gasteiger partial charge in [0.25, 0.3) is 11.8 Å². The van der Waals surface area contributed by atoms with Gasteiger partial charge in [-0.2, -0.15) is 0 Å². The largest absolute Gasteiger partial charge is 0.338 e. The van der Waals surface area contributed by atoms with Crippen molar-refractivity contribution in [1.29, 1.82) is 0 Å². The fourth-order valence-electron chi connectivity index (χ4n) is 7.04. The van der Waals surface area contributed by atoms with Crippen molar-refractivity contribution in [2.45, 2.75) is 48.4 Å². The van der Waals surface area contributed by atoms with E-state index in [1.54, 1.807) is 4.90 Å². The van der Waals surface area contributed by atoms with E-state index in [9.17, 15) is 19.2 Å². The second-order valence-corrected chi connectivity index (χ2v) is 13.5. The number of piperidine rings is 1. The van der Waals surface area contributed by atoms with Gasteiger partial charge in [-0.15, -0.1) is 11.8 Å². The Morgan fingerprint density at radius 1 is 0.905 bits per heavy atom. The molecule has 3 aromatic carbocycles. The molecule has 2 unspecified atom stereocenters. The zero-order valence-corrected chi connectivity index (χ0v) is 24.5. The first kappa shape index (κ1) is 27.2. The minimum atomic E-state index is -0.600. The lowest BCUT2D eigenvalue weighted by Gasteiger charge is -2.29. The molecule has 4 amide bonds. The van der Waals surface area contributed by atoms with Gasteiger partial charge >= 0.3 is 0 Å². The number of rotatable bonds is 5. The van der Waals surface area contributed by atoms with E-state index in [2.05, 4.69) is 11.4 Å². The third-order valence-electron chi connectivity index (χ3n) is 9.11. The molecule has 1 N–H and O–H groups in total. The van der Waals surface area contributed by atoms with Gasteiger partial charge < -0.3 is 9.80 Å². The molecule has 7 rings (SSSR count). The summed E-state index contributed by atoms with van der Waals surface area (Å²) in [5.74, 6) is 0.231. The molecular weight excluding hydrogens is 570 g/mol. The molecule has 0 bridgehead atoms. The molecule has 9 heteroatoms. The number of likely N-dealkylation sites (tertiary alicyclic amines) is 1. The molecule has 7 nitrogen and oxygen atoms in total. The molecule has 3 aliphatic heterocycles. The van der Waals surface area contributed by atoms with Gasteiger partial charge in [0.1, 0.15) is 6.04 Å². The monoisotopic (exact) mass is 599 g/mol. The number of hydrogen-bond acceptors (Lipinski definition) is 5. The quantitative estimate of drug-likeness (QED) is 0.396. The number of nitrogens with one attached hydrogen (secondary N) is 1. The zero-order chi connectivity index (χ0) is 29.0. The van der Waals surface area contributed by atoms with Crippen LogP contribution < -0.4 is 5.32 Å². The first-order valence-electron chi connectivity index (χ1n) is 14.4. The fraction of sp³-hybridized carbons (Fsp3) is 0.333. The molecule has 42 heavy (non-hydrogen) atoms. The number of halogens is 1. The number of carbonyl (C=O) groups excluding carboxylic acids is 4. The van der Waals surface area contributed by atoms with Crippen molar-refractivity contribution in [3.8, 4) is 11.1 Å². The fourth-order valence-corrected chi connectivity index (χ4v) is 8.60. The molecule has 2 saturated heterocycles. The Morgan fingerprint density at radius 3 is 2.38 bits per heavy atom. The third-order valence-corrected chi connectivity index (χ3v) is 10.6. The number of benzene rings is 3. The minimum Gasteiger partial charge on any atom is -0.338 e. The maximum Gasteiger partial charge on any atom is 0.255 e. The van der Waals surface area contributed by atoms with Crippen molar-refractivity contribution in [3.63, 3.8) is 0 Å². The molecule has 214 valence electrons. The Balaban J connectivity index is 0.982. The summed E-state index contributed by atoms with van der Waals surface area (Å²) in [7, 11) is 0. The Morgan fingerprint density at radius 2 is 1.64 bits per heavy atom. The van der Waals surface area contributed by atoms with Crippen LogP contribution in [0.5, 0.6) is 0 Å². The lowest BCUT2D eigenvalue weighted by Crippen LogP contribution is -2.52. The van der Waals surface area contributed by atoms with E-state index in [-0.39, 0.29) is 30.0 Å². The summed E-state index contributed by atoms with van der Waals surface area (Å²) in [6.45, 7) is 1.93. The van der Waals surface area contributed by atoms with E-state index in [1.165, 1.54) is 0 Å². The number of thioether (sulfide) groups is 1. The highest BCUT2D eigenvalue weighted by Gasteiger charge is 2.43. The van der Waals surface area contributed by atoms with Crippen molar-refractivity contribution in [1.82, 2.24) is 15.1 Å². The Labute approximate surface area is 253 Å². The summed E-state index contributed by atoms with van der Waals surface area (Å²) < 4.78 is 0. The molecule has 0 radical (unpaired) electrons. The Hall–Kier alpha value is -3.62. The number of amides is 4. The molecule has 0 aromatic heterocycles. The number of carbonyl (C=O) groups is 4. The summed E-state index contributed by atoms with van der Waals surface area (Å²) in [5, 5.41) is 3.49. The summed E-state index contributed by atoms with van der Waals surface area (Å²) in [6.07, 6.45) is 2.72. The van der Waals surface area contributed by atoms with E-state index in [0.717, 1.165) is 53.1 Å². The standard InChI is InChI=1S/C33H30ClN3O4S/c34-23-7-5-19(6-8-23)26-3-1-2-4-28(26)32(40)36-16-20-13-25(14-21(20)17-36)42-24-9-10-27-22(15-24)18-37(33(27)41)29-11-12-30(38)35-31(29)39/h1-10,15,20-21,25,29H,11-14,16-18H2,(H,35,38,39)/t20-,21+,25?,29?. The molecule has 3 heterocycles. The van der Waals surface area contributed by atoms with E-state index in [4.69, 9.17) is 11.6 Å². The van der Waals surface area contributed by atoms with Crippen molar-refractivity contribution in [2.24, 2.45) is 11.8 Å². The van der Waals surface area contributed by atoms with Crippen LogP contribution in [-0.4, -0.2) is 57.8 Å². The van der Waals surface area contributed by atoms with E-state index < -0.39 is 6.04 Å². The average Bonchev–Trinajstić information content (AvgIpc) is 3.65. The smallest absolute Gasteiger partial charge is 0.255 e. The van der Waals surface area contributed by atoms with Crippen LogP contribution in [0.2, 0.25) is 5.02 Å². The second-order valence-electron chi connectivity index (χ2n) is 11.7. The lowest BCUT2D eigenvalue weighted by molar-refractivity contribution is -0.136. The highest BCUT2D eigenvalue weighted by molar-refractivity contribution is 8.00. The molecule has 1 aliphatic carbocycles. The molecule has 3 fully saturated rings. The van der Waals surface area contributed by atoms with Crippen LogP contribution in [0.4, 0.5) is 0 Å². The zero-order valence-electron chi connectivity index (χ0n) is 22.9. The average molecular weight is 600 g/mol. The number of imide groups is 1.